The van der Waals surface area contributed by atoms with Crippen LogP contribution in [-0.2, 0) is 16.9 Å². The van der Waals surface area contributed by atoms with Crippen LogP contribution in [0.3, 0.4) is 0 Å². The first-order valence-corrected chi connectivity index (χ1v) is 10.4. The zero-order valence-corrected chi connectivity index (χ0v) is 16.8. The summed E-state index contributed by atoms with van der Waals surface area (Å²) >= 11 is 3.15. The molecule has 3 heterocycles. The third-order valence-electron chi connectivity index (χ3n) is 4.21. The first-order valence-electron chi connectivity index (χ1n) is 8.56. The van der Waals surface area contributed by atoms with Gasteiger partial charge in [0.1, 0.15) is 22.0 Å². The van der Waals surface area contributed by atoms with Gasteiger partial charge in [-0.15, -0.1) is 11.3 Å². The van der Waals surface area contributed by atoms with E-state index < -0.39 is 5.97 Å². The van der Waals surface area contributed by atoms with Crippen LogP contribution < -0.4 is 5.56 Å². The quantitative estimate of drug-likeness (QED) is 0.304. The molecule has 0 fully saturated rings. The number of nitrogens with zero attached hydrogens (tertiary/aromatic N) is 3. The minimum absolute atomic E-state index is 0.242. The van der Waals surface area contributed by atoms with Crippen LogP contribution in [0.2, 0.25) is 0 Å². The smallest absolute Gasteiger partial charge is 0.337 e. The number of carbonyl (C=O) groups is 1. The van der Waals surface area contributed by atoms with Crippen molar-refractivity contribution in [3.05, 3.63) is 57.2 Å². The van der Waals surface area contributed by atoms with Crippen LogP contribution >= 0.6 is 23.1 Å². The number of hydrogen-bond acceptors (Lipinski definition) is 8. The molecule has 0 atom stereocenters. The average molecular weight is 412 g/mol. The number of rotatable bonds is 5. The molecular weight excluding hydrogens is 396 g/mol. The molecule has 0 aliphatic rings. The number of hydrogen-bond donors (Lipinski definition) is 1. The van der Waals surface area contributed by atoms with E-state index in [0.717, 1.165) is 21.7 Å². The summed E-state index contributed by atoms with van der Waals surface area (Å²) in [5, 5.41) is 2.30. The Morgan fingerprint density at radius 1 is 1.25 bits per heavy atom. The molecule has 7 nitrogen and oxygen atoms in total. The van der Waals surface area contributed by atoms with Crippen molar-refractivity contribution in [2.24, 2.45) is 0 Å². The lowest BCUT2D eigenvalue weighted by atomic mass is 10.1. The Bertz CT molecular complexity index is 1250. The van der Waals surface area contributed by atoms with Gasteiger partial charge in [0.25, 0.3) is 5.56 Å². The number of nitrogens with one attached hydrogen (secondary N) is 1. The SMILES string of the molecule is CCc1cc2c(SCc3nc4cc(C(=O)OC)ccc4c(=O)[nH]3)ncnc2s1. The van der Waals surface area contributed by atoms with E-state index in [9.17, 15) is 9.59 Å². The number of benzene rings is 1. The van der Waals surface area contributed by atoms with Gasteiger partial charge in [-0.25, -0.2) is 19.7 Å². The molecule has 9 heteroatoms. The first kappa shape index (κ1) is 18.6. The van der Waals surface area contributed by atoms with Crippen LogP contribution in [0.5, 0.6) is 0 Å². The predicted molar refractivity (Wildman–Crippen MR) is 110 cm³/mol. The molecule has 0 unspecified atom stereocenters. The zero-order chi connectivity index (χ0) is 19.7. The van der Waals surface area contributed by atoms with E-state index in [-0.39, 0.29) is 5.56 Å². The molecule has 3 aromatic heterocycles. The number of esters is 1. The van der Waals surface area contributed by atoms with Gasteiger partial charge in [-0.2, -0.15) is 0 Å². The highest BCUT2D eigenvalue weighted by molar-refractivity contribution is 7.98. The molecule has 0 aliphatic heterocycles. The topological polar surface area (TPSA) is 97.8 Å². The standard InChI is InChI=1S/C19H16N4O3S2/c1-3-11-7-13-17(20-9-21-18(13)28-11)27-8-15-22-14-6-10(19(25)26-2)4-5-12(14)16(24)23-15/h4-7,9H,3,8H2,1-2H3,(H,22,23,24). The van der Waals surface area contributed by atoms with E-state index in [1.54, 1.807) is 35.9 Å². The fraction of sp³-hybridized carbons (Fsp3) is 0.211. The monoisotopic (exact) mass is 412 g/mol. The maximum absolute atomic E-state index is 12.4. The van der Waals surface area contributed by atoms with Crippen molar-refractivity contribution >= 4 is 50.2 Å². The highest BCUT2D eigenvalue weighted by Crippen LogP contribution is 2.32. The second-order valence-electron chi connectivity index (χ2n) is 5.99. The number of H-pyrrole nitrogens is 1. The fourth-order valence-electron chi connectivity index (χ4n) is 2.81. The summed E-state index contributed by atoms with van der Waals surface area (Å²) in [5.74, 6) is 0.492. The van der Waals surface area contributed by atoms with Crippen molar-refractivity contribution in [2.75, 3.05) is 7.11 Å². The third kappa shape index (κ3) is 3.50. The number of carbonyl (C=O) groups excluding carboxylic acids is 1. The Morgan fingerprint density at radius 2 is 2.11 bits per heavy atom. The van der Waals surface area contributed by atoms with Gasteiger partial charge in [0.2, 0.25) is 0 Å². The zero-order valence-electron chi connectivity index (χ0n) is 15.2. The van der Waals surface area contributed by atoms with Gasteiger partial charge in [0.05, 0.1) is 29.3 Å². The van der Waals surface area contributed by atoms with E-state index in [4.69, 9.17) is 4.74 Å². The normalized spacial score (nSPS) is 11.2. The highest BCUT2D eigenvalue weighted by Gasteiger charge is 2.12. The van der Waals surface area contributed by atoms with Gasteiger partial charge in [-0.3, -0.25) is 4.79 Å². The number of ether oxygens (including phenoxy) is 1. The number of aromatic nitrogens is 4. The Kier molecular flexibility index (Phi) is 5.10. The summed E-state index contributed by atoms with van der Waals surface area (Å²) in [6.07, 6.45) is 2.51. The van der Waals surface area contributed by atoms with Crippen molar-refractivity contribution in [1.29, 1.82) is 0 Å². The largest absolute Gasteiger partial charge is 0.465 e. The molecule has 4 rings (SSSR count). The van der Waals surface area contributed by atoms with Crippen LogP contribution in [0.25, 0.3) is 21.1 Å². The summed E-state index contributed by atoms with van der Waals surface area (Å²) in [5.41, 5.74) is 0.571. The molecule has 28 heavy (non-hydrogen) atoms. The fourth-order valence-corrected chi connectivity index (χ4v) is 4.65. The lowest BCUT2D eigenvalue weighted by Gasteiger charge is -2.05. The van der Waals surface area contributed by atoms with E-state index >= 15 is 0 Å². The number of thiophene rings is 1. The van der Waals surface area contributed by atoms with E-state index in [1.807, 2.05) is 0 Å². The molecule has 0 bridgehead atoms. The van der Waals surface area contributed by atoms with Crippen molar-refractivity contribution in [3.63, 3.8) is 0 Å². The maximum Gasteiger partial charge on any atom is 0.337 e. The number of fused-ring (bicyclic) bond motifs is 2. The first-order chi connectivity index (χ1) is 13.6. The Balaban J connectivity index is 1.65. The van der Waals surface area contributed by atoms with Crippen LogP contribution in [0.4, 0.5) is 0 Å². The van der Waals surface area contributed by atoms with Gasteiger partial charge in [-0.1, -0.05) is 18.7 Å². The van der Waals surface area contributed by atoms with Gasteiger partial charge >= 0.3 is 5.97 Å². The molecule has 4 aromatic rings. The van der Waals surface area contributed by atoms with E-state index in [0.29, 0.717) is 28.0 Å². The summed E-state index contributed by atoms with van der Waals surface area (Å²) in [7, 11) is 1.32. The van der Waals surface area contributed by atoms with Crippen LogP contribution in [0, 0.1) is 0 Å². The summed E-state index contributed by atoms with van der Waals surface area (Å²) in [6, 6.07) is 6.82. The van der Waals surface area contributed by atoms with E-state index in [1.165, 1.54) is 23.7 Å². The van der Waals surface area contributed by atoms with Gasteiger partial charge in [-0.05, 0) is 30.7 Å². The summed E-state index contributed by atoms with van der Waals surface area (Å²) in [4.78, 5) is 42.3. The lowest BCUT2D eigenvalue weighted by Crippen LogP contribution is -2.12. The number of thioether (sulfide) groups is 1. The van der Waals surface area contributed by atoms with E-state index in [2.05, 4.69) is 32.9 Å². The van der Waals surface area contributed by atoms with Crippen LogP contribution in [0.1, 0.15) is 28.0 Å². The number of aryl methyl sites for hydroxylation is 1. The molecule has 0 aliphatic carbocycles. The molecule has 0 saturated heterocycles. The summed E-state index contributed by atoms with van der Waals surface area (Å²) in [6.45, 7) is 2.11. The number of aromatic amines is 1. The van der Waals surface area contributed by atoms with Crippen LogP contribution in [-0.4, -0.2) is 33.0 Å². The second-order valence-corrected chi connectivity index (χ2v) is 8.07. The minimum Gasteiger partial charge on any atom is -0.465 e. The highest BCUT2D eigenvalue weighted by atomic mass is 32.2. The molecular formula is C19H16N4O3S2. The summed E-state index contributed by atoms with van der Waals surface area (Å²) < 4.78 is 4.73. The van der Waals surface area contributed by atoms with Gasteiger partial charge < -0.3 is 9.72 Å². The minimum atomic E-state index is -0.465. The second kappa shape index (κ2) is 7.69. The predicted octanol–water partition coefficient (Wildman–Crippen LogP) is 3.57. The Morgan fingerprint density at radius 3 is 2.89 bits per heavy atom. The molecule has 0 saturated carbocycles. The Hall–Kier alpha value is -2.78. The molecule has 1 N–H and O–H groups in total. The van der Waals surface area contributed by atoms with Crippen LogP contribution in [0.15, 0.2) is 40.4 Å². The van der Waals surface area contributed by atoms with Crippen molar-refractivity contribution in [3.8, 4) is 0 Å². The van der Waals surface area contributed by atoms with Crippen molar-refractivity contribution < 1.29 is 9.53 Å². The maximum atomic E-state index is 12.4. The molecule has 0 spiro atoms. The molecule has 0 radical (unpaired) electrons. The van der Waals surface area contributed by atoms with Gasteiger partial charge in [0.15, 0.2) is 0 Å². The average Bonchev–Trinajstić information content (AvgIpc) is 3.15. The molecule has 1 aromatic carbocycles. The Labute approximate surface area is 168 Å². The lowest BCUT2D eigenvalue weighted by molar-refractivity contribution is 0.0601. The van der Waals surface area contributed by atoms with Gasteiger partial charge in [0, 0.05) is 10.3 Å². The van der Waals surface area contributed by atoms with Crippen molar-refractivity contribution in [2.45, 2.75) is 24.1 Å². The molecule has 0 amide bonds. The third-order valence-corrected chi connectivity index (χ3v) is 6.42. The number of methoxy groups -OCH3 is 1. The molecule has 142 valence electrons. The van der Waals surface area contributed by atoms with Crippen molar-refractivity contribution in [1.82, 2.24) is 19.9 Å².